The van der Waals surface area contributed by atoms with Crippen molar-refractivity contribution in [2.24, 2.45) is 0 Å². The SMILES string of the molecule is O=C(O)Cn1cc(Cl)c2c(O)cccc21. The molecule has 15 heavy (non-hydrogen) atoms. The van der Waals surface area contributed by atoms with Crippen LogP contribution < -0.4 is 0 Å². The number of carboxylic acid groups (broad SMARTS) is 1. The lowest BCUT2D eigenvalue weighted by atomic mass is 10.2. The Balaban J connectivity index is 2.68. The van der Waals surface area contributed by atoms with Gasteiger partial charge in [-0.25, -0.2) is 0 Å². The van der Waals surface area contributed by atoms with Gasteiger partial charge in [-0.2, -0.15) is 0 Å². The largest absolute Gasteiger partial charge is 0.507 e. The fourth-order valence-electron chi connectivity index (χ4n) is 1.56. The van der Waals surface area contributed by atoms with E-state index in [4.69, 9.17) is 16.7 Å². The van der Waals surface area contributed by atoms with Crippen molar-refractivity contribution in [1.82, 2.24) is 4.57 Å². The van der Waals surface area contributed by atoms with Crippen molar-refractivity contribution in [1.29, 1.82) is 0 Å². The lowest BCUT2D eigenvalue weighted by molar-refractivity contribution is -0.137. The Morgan fingerprint density at radius 3 is 2.87 bits per heavy atom. The minimum Gasteiger partial charge on any atom is -0.507 e. The van der Waals surface area contributed by atoms with Gasteiger partial charge in [-0.05, 0) is 12.1 Å². The molecule has 0 aliphatic carbocycles. The molecule has 2 rings (SSSR count). The summed E-state index contributed by atoms with van der Waals surface area (Å²) in [6.07, 6.45) is 1.50. The average molecular weight is 226 g/mol. The molecule has 0 saturated heterocycles. The average Bonchev–Trinajstić information content (AvgIpc) is 2.44. The van der Waals surface area contributed by atoms with Gasteiger partial charge in [0.15, 0.2) is 0 Å². The van der Waals surface area contributed by atoms with Crippen molar-refractivity contribution in [2.45, 2.75) is 6.54 Å². The lowest BCUT2D eigenvalue weighted by Gasteiger charge is -2.00. The van der Waals surface area contributed by atoms with Crippen LogP contribution in [-0.4, -0.2) is 20.7 Å². The fraction of sp³-hybridized carbons (Fsp3) is 0.100. The monoisotopic (exact) mass is 225 g/mol. The zero-order valence-electron chi connectivity index (χ0n) is 7.64. The minimum absolute atomic E-state index is 0.0571. The van der Waals surface area contributed by atoms with Crippen LogP contribution in [0.1, 0.15) is 0 Å². The third-order valence-corrected chi connectivity index (χ3v) is 2.43. The van der Waals surface area contributed by atoms with Gasteiger partial charge in [0.25, 0.3) is 0 Å². The molecule has 2 N–H and O–H groups in total. The Morgan fingerprint density at radius 1 is 1.47 bits per heavy atom. The molecular weight excluding hydrogens is 218 g/mol. The Labute approximate surface area is 90.3 Å². The van der Waals surface area contributed by atoms with E-state index in [1.54, 1.807) is 12.1 Å². The van der Waals surface area contributed by atoms with Gasteiger partial charge in [-0.1, -0.05) is 17.7 Å². The molecule has 0 saturated carbocycles. The van der Waals surface area contributed by atoms with Gasteiger partial charge in [0.2, 0.25) is 0 Å². The zero-order valence-corrected chi connectivity index (χ0v) is 8.40. The van der Waals surface area contributed by atoms with E-state index in [-0.39, 0.29) is 12.3 Å². The summed E-state index contributed by atoms with van der Waals surface area (Å²) in [6.45, 7) is -0.174. The number of halogens is 1. The molecular formula is C10H8ClNO3. The molecule has 0 aliphatic heterocycles. The van der Waals surface area contributed by atoms with Crippen LogP contribution in [-0.2, 0) is 11.3 Å². The topological polar surface area (TPSA) is 62.5 Å². The van der Waals surface area contributed by atoms with E-state index < -0.39 is 5.97 Å². The highest BCUT2D eigenvalue weighted by atomic mass is 35.5. The van der Waals surface area contributed by atoms with E-state index in [0.717, 1.165) is 0 Å². The van der Waals surface area contributed by atoms with Crippen molar-refractivity contribution >= 4 is 28.5 Å². The normalized spacial score (nSPS) is 10.7. The van der Waals surface area contributed by atoms with Crippen molar-refractivity contribution in [3.63, 3.8) is 0 Å². The number of nitrogens with zero attached hydrogens (tertiary/aromatic N) is 1. The third-order valence-electron chi connectivity index (χ3n) is 2.14. The van der Waals surface area contributed by atoms with E-state index in [0.29, 0.717) is 15.9 Å². The zero-order chi connectivity index (χ0) is 11.0. The van der Waals surface area contributed by atoms with Crippen molar-refractivity contribution in [2.75, 3.05) is 0 Å². The second-order valence-corrected chi connectivity index (χ2v) is 3.58. The first-order valence-electron chi connectivity index (χ1n) is 4.27. The molecule has 0 unspecified atom stereocenters. The first-order chi connectivity index (χ1) is 7.09. The summed E-state index contributed by atoms with van der Waals surface area (Å²) in [6, 6.07) is 4.87. The van der Waals surface area contributed by atoms with Crippen molar-refractivity contribution in [3.8, 4) is 5.75 Å². The van der Waals surface area contributed by atoms with Gasteiger partial charge in [-0.15, -0.1) is 0 Å². The highest BCUT2D eigenvalue weighted by molar-refractivity contribution is 6.36. The number of aromatic hydroxyl groups is 1. The predicted octanol–water partition coefficient (Wildman–Crippen LogP) is 2.08. The molecule has 78 valence electrons. The molecule has 5 heteroatoms. The van der Waals surface area contributed by atoms with E-state index >= 15 is 0 Å². The molecule has 0 aliphatic rings. The summed E-state index contributed by atoms with van der Waals surface area (Å²) in [7, 11) is 0. The number of phenols is 1. The van der Waals surface area contributed by atoms with E-state index in [2.05, 4.69) is 0 Å². The third kappa shape index (κ3) is 1.64. The van der Waals surface area contributed by atoms with Gasteiger partial charge >= 0.3 is 5.97 Å². The maximum absolute atomic E-state index is 10.6. The summed E-state index contributed by atoms with van der Waals surface area (Å²) in [4.78, 5) is 10.6. The number of aliphatic carboxylic acids is 1. The van der Waals surface area contributed by atoms with Gasteiger partial charge in [0.1, 0.15) is 12.3 Å². The molecule has 0 radical (unpaired) electrons. The summed E-state index contributed by atoms with van der Waals surface area (Å²) >= 11 is 5.89. The maximum atomic E-state index is 10.6. The Hall–Kier alpha value is -1.68. The molecule has 0 fully saturated rings. The van der Waals surface area contributed by atoms with Gasteiger partial charge < -0.3 is 14.8 Å². The molecule has 0 atom stereocenters. The highest BCUT2D eigenvalue weighted by Crippen LogP contribution is 2.32. The Morgan fingerprint density at radius 2 is 2.20 bits per heavy atom. The number of aromatic nitrogens is 1. The second kappa shape index (κ2) is 3.47. The molecule has 1 aromatic heterocycles. The number of rotatable bonds is 2. The first-order valence-corrected chi connectivity index (χ1v) is 4.65. The second-order valence-electron chi connectivity index (χ2n) is 3.17. The first kappa shape index (κ1) is 9.86. The number of carbonyl (C=O) groups is 1. The van der Waals surface area contributed by atoms with E-state index in [1.807, 2.05) is 0 Å². The summed E-state index contributed by atoms with van der Waals surface area (Å²) in [5.41, 5.74) is 0.613. The predicted molar refractivity (Wildman–Crippen MR) is 56.2 cm³/mol. The quantitative estimate of drug-likeness (QED) is 0.823. The lowest BCUT2D eigenvalue weighted by Crippen LogP contribution is -2.06. The summed E-state index contributed by atoms with van der Waals surface area (Å²) in [5, 5.41) is 19.1. The molecule has 0 bridgehead atoms. The molecule has 1 heterocycles. The number of hydrogen-bond acceptors (Lipinski definition) is 2. The molecule has 4 nitrogen and oxygen atoms in total. The summed E-state index contributed by atoms with van der Waals surface area (Å²) < 4.78 is 1.49. The fourth-order valence-corrected chi connectivity index (χ4v) is 1.87. The number of phenolic OH excluding ortho intramolecular Hbond substituents is 1. The van der Waals surface area contributed by atoms with Crippen LogP contribution in [0.25, 0.3) is 10.9 Å². The number of benzene rings is 1. The van der Waals surface area contributed by atoms with Crippen LogP contribution >= 0.6 is 11.6 Å². The highest BCUT2D eigenvalue weighted by Gasteiger charge is 2.11. The van der Waals surface area contributed by atoms with Crippen LogP contribution in [0.3, 0.4) is 0 Å². The minimum atomic E-state index is -0.952. The number of fused-ring (bicyclic) bond motifs is 1. The summed E-state index contributed by atoms with van der Waals surface area (Å²) in [5.74, 6) is -0.895. The maximum Gasteiger partial charge on any atom is 0.323 e. The number of carboxylic acids is 1. The Kier molecular flexibility index (Phi) is 2.28. The van der Waals surface area contributed by atoms with E-state index in [1.165, 1.54) is 16.8 Å². The smallest absolute Gasteiger partial charge is 0.323 e. The van der Waals surface area contributed by atoms with Gasteiger partial charge in [-0.3, -0.25) is 4.79 Å². The van der Waals surface area contributed by atoms with Crippen molar-refractivity contribution in [3.05, 3.63) is 29.4 Å². The molecule has 2 aromatic rings. The van der Waals surface area contributed by atoms with E-state index in [9.17, 15) is 9.90 Å². The van der Waals surface area contributed by atoms with Gasteiger partial charge in [0.05, 0.1) is 15.9 Å². The molecule has 1 aromatic carbocycles. The standard InChI is InChI=1S/C10H8ClNO3/c11-6-4-12(5-9(14)15)7-2-1-3-8(13)10(6)7/h1-4,13H,5H2,(H,14,15). The van der Waals surface area contributed by atoms with Crippen LogP contribution in [0.5, 0.6) is 5.75 Å². The number of hydrogen-bond donors (Lipinski definition) is 2. The van der Waals surface area contributed by atoms with Crippen LogP contribution in [0, 0.1) is 0 Å². The van der Waals surface area contributed by atoms with Crippen molar-refractivity contribution < 1.29 is 15.0 Å². The Bertz CT molecular complexity index is 533. The van der Waals surface area contributed by atoms with Gasteiger partial charge in [0, 0.05) is 6.20 Å². The molecule has 0 spiro atoms. The van der Waals surface area contributed by atoms with Crippen LogP contribution in [0.15, 0.2) is 24.4 Å². The molecule has 0 amide bonds. The van der Waals surface area contributed by atoms with Crippen LogP contribution in [0.4, 0.5) is 0 Å². The van der Waals surface area contributed by atoms with Crippen LogP contribution in [0.2, 0.25) is 5.02 Å².